The van der Waals surface area contributed by atoms with E-state index in [1.165, 1.54) is 0 Å². The van der Waals surface area contributed by atoms with Crippen molar-refractivity contribution >= 4 is 33.7 Å². The van der Waals surface area contributed by atoms with Gasteiger partial charge in [-0.1, -0.05) is 0 Å². The van der Waals surface area contributed by atoms with Gasteiger partial charge >= 0.3 is 206 Å². The molecule has 0 unspecified atom stereocenters. The standard InChI is InChI=1S/C3H8O3.4CH2O2.ClH.4K.H3O4P/c4-1-3(6)2-5;4*2-1-3;;;;;;1-5(2,3)4/h3-6H,1-2H2;4*1H,(H,2,3);1H;;;;;(H3,1,2,3,4)/q;;;;;;4*+1;/p-4. The Balaban J connectivity index is -0.0000000136. The molecule has 28 heavy (non-hydrogen) atoms. The van der Waals surface area contributed by atoms with Gasteiger partial charge in [0.15, 0.2) is 0 Å². The molecule has 0 aliphatic carbocycles. The maximum Gasteiger partial charge on any atom is 1.00 e. The van der Waals surface area contributed by atoms with E-state index in [0.717, 1.165) is 0 Å². The molecule has 15 nitrogen and oxygen atoms in total. The van der Waals surface area contributed by atoms with E-state index in [2.05, 4.69) is 0 Å². The number of halogens is 1. The minimum atomic E-state index is -5.39. The fourth-order valence-electron chi connectivity index (χ4n) is 0.0577. The first-order chi connectivity index (χ1) is 10.5. The Labute approximate surface area is 336 Å². The zero-order valence-corrected chi connectivity index (χ0v) is 29.7. The van der Waals surface area contributed by atoms with E-state index in [1.54, 1.807) is 0 Å². The third kappa shape index (κ3) is 358. The van der Waals surface area contributed by atoms with Gasteiger partial charge in [-0.25, -0.2) is 0 Å². The summed E-state index contributed by atoms with van der Waals surface area (Å²) in [5.41, 5.74) is 0. The van der Waals surface area contributed by atoms with Crippen LogP contribution >= 0.6 is 7.82 Å². The Kier molecular flexibility index (Phi) is 192. The summed E-state index contributed by atoms with van der Waals surface area (Å²) < 4.78 is 8.55. The summed E-state index contributed by atoms with van der Waals surface area (Å²) in [7, 11) is -5.39. The third-order valence-corrected chi connectivity index (χ3v) is 0.421. The van der Waals surface area contributed by atoms with Crippen LogP contribution in [0.15, 0.2) is 0 Å². The van der Waals surface area contributed by atoms with Gasteiger partial charge in [-0.3, -0.25) is 19.2 Å². The molecule has 0 atom stereocenters. The molecule has 0 aromatic rings. The molecule has 0 rings (SSSR count). The van der Waals surface area contributed by atoms with Crippen LogP contribution in [-0.2, 0) is 23.7 Å². The van der Waals surface area contributed by atoms with Gasteiger partial charge in [-0.05, 0) is 0 Å². The number of hydrogen-bond donors (Lipinski definition) is 7. The SMILES string of the molecule is O=CO.O=CO.O=CO.O=CO.O=P([O-])([O-])[O-].OCC(O)CO.[Cl-].[K+].[K+].[K+].[K+]. The largest absolute Gasteiger partial charge is 1.00 e. The Morgan fingerprint density at radius 1 is 0.679 bits per heavy atom. The summed E-state index contributed by atoms with van der Waals surface area (Å²) in [4.78, 5) is 59.1. The molecule has 0 amide bonds. The molecule has 0 fully saturated rings. The van der Waals surface area contributed by atoms with Crippen LogP contribution in [-0.4, -0.2) is 81.0 Å². The summed E-state index contributed by atoms with van der Waals surface area (Å²) in [5.74, 6) is 0. The van der Waals surface area contributed by atoms with Crippen LogP contribution < -0.4 is 233 Å². The minimum Gasteiger partial charge on any atom is -1.00 e. The fourth-order valence-corrected chi connectivity index (χ4v) is 0.0577. The fraction of sp³-hybridized carbons (Fsp3) is 0.429. The number of aliphatic hydroxyl groups excluding tert-OH is 3. The third-order valence-electron chi connectivity index (χ3n) is 0.421. The van der Waals surface area contributed by atoms with Gasteiger partial charge in [0.25, 0.3) is 25.9 Å². The van der Waals surface area contributed by atoms with Crippen LogP contribution in [0.4, 0.5) is 0 Å². The molecule has 0 heterocycles. The first-order valence-corrected chi connectivity index (χ1v) is 5.87. The van der Waals surface area contributed by atoms with Crippen LogP contribution in [0, 0.1) is 0 Å². The Morgan fingerprint density at radius 2 is 0.750 bits per heavy atom. The number of rotatable bonds is 2. The van der Waals surface area contributed by atoms with Gasteiger partial charge in [-0.15, -0.1) is 0 Å². The number of aliphatic hydroxyl groups is 3. The van der Waals surface area contributed by atoms with Gasteiger partial charge in [0, 0.05) is 0 Å². The Morgan fingerprint density at radius 3 is 0.750 bits per heavy atom. The summed E-state index contributed by atoms with van der Waals surface area (Å²) in [5, 5.41) is 51.6. The maximum atomic E-state index is 8.55. The molecule has 0 aliphatic heterocycles. The number of carboxylic acid groups (broad SMARTS) is 4. The molecule has 7 N–H and O–H groups in total. The van der Waals surface area contributed by atoms with Crippen molar-refractivity contribution in [1.29, 1.82) is 0 Å². The number of hydrogen-bond acceptors (Lipinski definition) is 11. The van der Waals surface area contributed by atoms with Crippen molar-refractivity contribution < 1.29 is 292 Å². The number of carbonyl (C=O) groups is 4. The molecule has 0 aromatic heterocycles. The summed E-state index contributed by atoms with van der Waals surface area (Å²) >= 11 is 0. The second kappa shape index (κ2) is 77.0. The van der Waals surface area contributed by atoms with Crippen LogP contribution in [0.25, 0.3) is 0 Å². The summed E-state index contributed by atoms with van der Waals surface area (Å²) in [6.45, 7) is -1.73. The quantitative estimate of drug-likeness (QED) is 0.0932. The molecule has 0 bridgehead atoms. The van der Waals surface area contributed by atoms with Crippen LogP contribution in [0.1, 0.15) is 0 Å². The van der Waals surface area contributed by atoms with Gasteiger partial charge in [0.2, 0.25) is 0 Å². The first kappa shape index (κ1) is 69.8. The van der Waals surface area contributed by atoms with Crippen LogP contribution in [0.5, 0.6) is 0 Å². The van der Waals surface area contributed by atoms with Gasteiger partial charge < -0.3 is 67.4 Å². The predicted molar refractivity (Wildman–Crippen MR) is 62.6 cm³/mol. The topological polar surface area (TPSA) is 296 Å². The summed E-state index contributed by atoms with van der Waals surface area (Å²) in [6.07, 6.45) is -0.954. The van der Waals surface area contributed by atoms with E-state index in [9.17, 15) is 0 Å². The molecule has 0 radical (unpaired) electrons. The van der Waals surface area contributed by atoms with Crippen molar-refractivity contribution in [3.63, 3.8) is 0 Å². The van der Waals surface area contributed by atoms with Crippen molar-refractivity contribution in [1.82, 2.24) is 0 Å². The van der Waals surface area contributed by atoms with E-state index in [-0.39, 0.29) is 257 Å². The van der Waals surface area contributed by atoms with Gasteiger partial charge in [-0.2, -0.15) is 7.82 Å². The van der Waals surface area contributed by atoms with E-state index < -0.39 is 13.9 Å². The van der Waals surface area contributed by atoms with Crippen LogP contribution in [0.3, 0.4) is 0 Å². The molecule has 0 saturated heterocycles. The molecule has 150 valence electrons. The van der Waals surface area contributed by atoms with Crippen LogP contribution in [0.2, 0.25) is 0 Å². The Bertz CT molecular complexity index is 249. The van der Waals surface area contributed by atoms with Crippen molar-refractivity contribution in [3.05, 3.63) is 0 Å². The molecule has 0 aromatic carbocycles. The molecule has 21 heteroatoms. The van der Waals surface area contributed by atoms with Gasteiger partial charge in [0.1, 0.15) is 6.10 Å². The second-order valence-electron chi connectivity index (χ2n) is 1.89. The van der Waals surface area contributed by atoms with E-state index >= 15 is 0 Å². The first-order valence-electron chi connectivity index (χ1n) is 4.41. The van der Waals surface area contributed by atoms with E-state index in [1.807, 2.05) is 0 Å². The molecule has 0 saturated carbocycles. The van der Waals surface area contributed by atoms with Gasteiger partial charge in [0.05, 0.1) is 13.2 Å². The van der Waals surface area contributed by atoms with Crippen molar-refractivity contribution in [2.75, 3.05) is 13.2 Å². The Hall–Kier alpha value is 4.71. The van der Waals surface area contributed by atoms with Crippen molar-refractivity contribution in [2.45, 2.75) is 6.10 Å². The predicted octanol–water partition coefficient (Wildman–Crippen LogP) is -20.7. The molecular weight excluding hydrogens is 547 g/mol. The molecule has 0 spiro atoms. The maximum absolute atomic E-state index is 8.55. The molecular formula is C7H16ClK4O15P. The minimum absolute atomic E-state index is 0. The average Bonchev–Trinajstić information content (AvgIpc) is 2.39. The number of phosphoric acid groups is 1. The zero-order valence-electron chi connectivity index (χ0n) is 15.5. The monoisotopic (exact) mass is 562 g/mol. The van der Waals surface area contributed by atoms with E-state index in [4.69, 9.17) is 74.2 Å². The second-order valence-corrected chi connectivity index (χ2v) is 2.78. The van der Waals surface area contributed by atoms with Crippen molar-refractivity contribution in [3.8, 4) is 0 Å². The average molecular weight is 563 g/mol. The zero-order chi connectivity index (χ0) is 20.3. The van der Waals surface area contributed by atoms with Crippen molar-refractivity contribution in [2.24, 2.45) is 0 Å². The smallest absolute Gasteiger partial charge is 1.00 e. The normalized spacial score (nSPS) is 5.96. The molecule has 0 aliphatic rings. The van der Waals surface area contributed by atoms with E-state index in [0.29, 0.717) is 0 Å². The summed E-state index contributed by atoms with van der Waals surface area (Å²) in [6, 6.07) is 0.